The smallest absolute Gasteiger partial charge is 0.231 e. The Morgan fingerprint density at radius 2 is 1.97 bits per heavy atom. The van der Waals surface area contributed by atoms with Gasteiger partial charge in [0.05, 0.1) is 43.0 Å². The molecule has 6 nitrogen and oxygen atoms in total. The molecule has 0 aliphatic carbocycles. The van der Waals surface area contributed by atoms with Gasteiger partial charge in [-0.3, -0.25) is 4.79 Å². The fourth-order valence-corrected chi connectivity index (χ4v) is 5.05. The quantitative estimate of drug-likeness (QED) is 0.690. The third-order valence-electron chi connectivity index (χ3n) is 6.34. The fourth-order valence-electron chi connectivity index (χ4n) is 5.05. The number of halogens is 1. The zero-order valence-electron chi connectivity index (χ0n) is 16.9. The molecule has 156 valence electrons. The second-order valence-corrected chi connectivity index (χ2v) is 7.86. The molecule has 1 aromatic heterocycles. The van der Waals surface area contributed by atoms with E-state index in [4.69, 9.17) is 14.2 Å². The standard InChI is InChI=1S/C23H22FNO5/c1-11-22(29-3)21(26)20-15(25-11)6-5-13-19(20)17-8-9-18(30-17)23(13,27)14-10-12(24)4-7-16(14)28-2/h4-7,10,17-18,27H,8-9H2,1-3H3,(H,25,26)/t17-,18+,23-/m0/s1. The van der Waals surface area contributed by atoms with Gasteiger partial charge < -0.3 is 24.3 Å². The highest BCUT2D eigenvalue weighted by molar-refractivity contribution is 5.86. The molecular weight excluding hydrogens is 389 g/mol. The summed E-state index contributed by atoms with van der Waals surface area (Å²) in [5.41, 5.74) is 0.782. The summed E-state index contributed by atoms with van der Waals surface area (Å²) in [5, 5.41) is 12.5. The molecule has 0 spiro atoms. The number of hydrogen-bond donors (Lipinski definition) is 2. The molecule has 0 amide bonds. The van der Waals surface area contributed by atoms with Crippen molar-refractivity contribution in [3.63, 3.8) is 0 Å². The molecule has 2 bridgehead atoms. The summed E-state index contributed by atoms with van der Waals surface area (Å²) >= 11 is 0. The average molecular weight is 411 g/mol. The van der Waals surface area contributed by atoms with Gasteiger partial charge in [0.25, 0.3) is 0 Å². The van der Waals surface area contributed by atoms with Crippen LogP contribution in [0.2, 0.25) is 0 Å². The van der Waals surface area contributed by atoms with E-state index in [0.717, 1.165) is 0 Å². The molecule has 3 aromatic rings. The maximum absolute atomic E-state index is 14.2. The Morgan fingerprint density at radius 1 is 1.17 bits per heavy atom. The normalized spacial score (nSPS) is 24.7. The molecule has 3 heterocycles. The number of aliphatic hydroxyl groups is 1. The van der Waals surface area contributed by atoms with Gasteiger partial charge in [0.1, 0.15) is 17.2 Å². The van der Waals surface area contributed by atoms with Crippen molar-refractivity contribution in [2.45, 2.75) is 37.6 Å². The Labute approximate surface area is 172 Å². The number of hydrogen-bond acceptors (Lipinski definition) is 5. The Balaban J connectivity index is 1.89. The third kappa shape index (κ3) is 2.39. The van der Waals surface area contributed by atoms with E-state index in [1.807, 2.05) is 0 Å². The second kappa shape index (κ2) is 6.55. The Morgan fingerprint density at radius 3 is 2.70 bits per heavy atom. The molecule has 0 radical (unpaired) electrons. The highest BCUT2D eigenvalue weighted by atomic mass is 19.1. The SMILES string of the molecule is COc1ccc(F)cc1[C@@]1(O)c2ccc3[nH]c(C)c(OC)c(=O)c3c2[C@@H]2CC[C@H]1O2. The Hall–Kier alpha value is -2.90. The van der Waals surface area contributed by atoms with Crippen LogP contribution in [0.3, 0.4) is 0 Å². The van der Waals surface area contributed by atoms with Crippen LogP contribution >= 0.6 is 0 Å². The molecule has 0 saturated carbocycles. The van der Waals surface area contributed by atoms with Crippen molar-refractivity contribution >= 4 is 10.9 Å². The van der Waals surface area contributed by atoms with Crippen LogP contribution in [0, 0.1) is 12.7 Å². The van der Waals surface area contributed by atoms with E-state index in [1.54, 1.807) is 19.1 Å². The molecule has 0 unspecified atom stereocenters. The van der Waals surface area contributed by atoms with E-state index < -0.39 is 17.5 Å². The van der Waals surface area contributed by atoms with Crippen molar-refractivity contribution in [3.05, 3.63) is 68.8 Å². The average Bonchev–Trinajstić information content (AvgIpc) is 3.19. The summed E-state index contributed by atoms with van der Waals surface area (Å²) in [6.45, 7) is 1.77. The number of benzene rings is 2. The number of nitrogens with one attached hydrogen (secondary N) is 1. The van der Waals surface area contributed by atoms with Crippen molar-refractivity contribution in [1.29, 1.82) is 0 Å². The van der Waals surface area contributed by atoms with E-state index in [9.17, 15) is 14.3 Å². The van der Waals surface area contributed by atoms with Crippen LogP contribution in [0.1, 0.15) is 41.3 Å². The number of aromatic amines is 1. The van der Waals surface area contributed by atoms with Crippen molar-refractivity contribution in [2.75, 3.05) is 14.2 Å². The van der Waals surface area contributed by atoms with Crippen molar-refractivity contribution < 1.29 is 23.7 Å². The summed E-state index contributed by atoms with van der Waals surface area (Å²) in [5.74, 6) is 0.0917. The summed E-state index contributed by atoms with van der Waals surface area (Å²) in [7, 11) is 2.93. The summed E-state index contributed by atoms with van der Waals surface area (Å²) in [6, 6.07) is 7.60. The lowest BCUT2D eigenvalue weighted by atomic mass is 9.77. The highest BCUT2D eigenvalue weighted by Gasteiger charge is 2.53. The van der Waals surface area contributed by atoms with E-state index in [-0.39, 0.29) is 22.8 Å². The van der Waals surface area contributed by atoms with Gasteiger partial charge in [-0.1, -0.05) is 6.07 Å². The highest BCUT2D eigenvalue weighted by Crippen LogP contribution is 2.54. The lowest BCUT2D eigenvalue weighted by molar-refractivity contribution is -0.102. The Kier molecular flexibility index (Phi) is 4.17. The van der Waals surface area contributed by atoms with Gasteiger partial charge in [0.2, 0.25) is 5.43 Å². The van der Waals surface area contributed by atoms with Crippen LogP contribution in [-0.2, 0) is 10.3 Å². The number of aromatic nitrogens is 1. The number of aryl methyl sites for hydroxylation is 1. The van der Waals surface area contributed by atoms with E-state index >= 15 is 0 Å². The predicted molar refractivity (Wildman–Crippen MR) is 109 cm³/mol. The lowest BCUT2D eigenvalue weighted by Crippen LogP contribution is -2.44. The number of fused-ring (bicyclic) bond motifs is 6. The predicted octanol–water partition coefficient (Wildman–Crippen LogP) is 3.46. The minimum absolute atomic E-state index is 0.225. The van der Waals surface area contributed by atoms with E-state index in [1.165, 1.54) is 32.4 Å². The molecule has 2 N–H and O–H groups in total. The van der Waals surface area contributed by atoms with Crippen LogP contribution < -0.4 is 14.9 Å². The topological polar surface area (TPSA) is 80.8 Å². The van der Waals surface area contributed by atoms with Crippen LogP contribution in [0.15, 0.2) is 35.1 Å². The van der Waals surface area contributed by atoms with Crippen LogP contribution in [-0.4, -0.2) is 30.4 Å². The molecule has 2 aliphatic heterocycles. The van der Waals surface area contributed by atoms with Gasteiger partial charge in [-0.25, -0.2) is 4.39 Å². The monoisotopic (exact) mass is 411 g/mol. The van der Waals surface area contributed by atoms with Gasteiger partial charge in [0.15, 0.2) is 5.75 Å². The molecule has 1 fully saturated rings. The largest absolute Gasteiger partial charge is 0.496 e. The van der Waals surface area contributed by atoms with E-state index in [0.29, 0.717) is 46.3 Å². The number of H-pyrrole nitrogens is 1. The molecule has 5 rings (SSSR count). The first kappa shape index (κ1) is 19.1. The number of methoxy groups -OCH3 is 2. The number of ether oxygens (including phenoxy) is 3. The maximum Gasteiger partial charge on any atom is 0.231 e. The molecule has 2 aliphatic rings. The molecular formula is C23H22FNO5. The summed E-state index contributed by atoms with van der Waals surface area (Å²) in [4.78, 5) is 16.5. The first-order valence-corrected chi connectivity index (χ1v) is 9.86. The van der Waals surface area contributed by atoms with Gasteiger partial charge in [-0.05, 0) is 49.6 Å². The van der Waals surface area contributed by atoms with Crippen molar-refractivity contribution in [3.8, 4) is 11.5 Å². The molecule has 7 heteroatoms. The van der Waals surface area contributed by atoms with Crippen molar-refractivity contribution in [1.82, 2.24) is 4.98 Å². The minimum atomic E-state index is -1.66. The summed E-state index contributed by atoms with van der Waals surface area (Å²) in [6.07, 6.45) is 0.307. The van der Waals surface area contributed by atoms with Gasteiger partial charge in [0, 0.05) is 11.1 Å². The van der Waals surface area contributed by atoms with Crippen LogP contribution in [0.4, 0.5) is 4.39 Å². The fraction of sp³-hybridized carbons (Fsp3) is 0.348. The molecule has 2 aromatic carbocycles. The van der Waals surface area contributed by atoms with Gasteiger partial charge in [-0.2, -0.15) is 0 Å². The van der Waals surface area contributed by atoms with Gasteiger partial charge >= 0.3 is 0 Å². The number of rotatable bonds is 3. The van der Waals surface area contributed by atoms with E-state index in [2.05, 4.69) is 4.98 Å². The Bertz CT molecular complexity index is 1240. The zero-order valence-corrected chi connectivity index (χ0v) is 16.9. The second-order valence-electron chi connectivity index (χ2n) is 7.86. The lowest BCUT2D eigenvalue weighted by Gasteiger charge is -2.41. The number of pyridine rings is 1. The van der Waals surface area contributed by atoms with Gasteiger partial charge in [-0.15, -0.1) is 0 Å². The first-order valence-electron chi connectivity index (χ1n) is 9.86. The third-order valence-corrected chi connectivity index (χ3v) is 6.34. The summed E-state index contributed by atoms with van der Waals surface area (Å²) < 4.78 is 31.1. The van der Waals surface area contributed by atoms with Crippen molar-refractivity contribution in [2.24, 2.45) is 0 Å². The zero-order chi connectivity index (χ0) is 21.2. The molecule has 30 heavy (non-hydrogen) atoms. The molecule has 1 saturated heterocycles. The molecule has 3 atom stereocenters. The van der Waals surface area contributed by atoms with Crippen LogP contribution in [0.5, 0.6) is 11.5 Å². The first-order chi connectivity index (χ1) is 14.4. The van der Waals surface area contributed by atoms with Crippen LogP contribution in [0.25, 0.3) is 10.9 Å². The maximum atomic E-state index is 14.2. The minimum Gasteiger partial charge on any atom is -0.496 e.